The molecule has 1 saturated carbocycles. The number of hydrogen-bond acceptors (Lipinski definition) is 6. The summed E-state index contributed by atoms with van der Waals surface area (Å²) in [4.78, 5) is 23.6. The maximum absolute atomic E-state index is 13.0. The highest BCUT2D eigenvalue weighted by atomic mass is 16.6. The Morgan fingerprint density at radius 3 is 2.50 bits per heavy atom. The van der Waals surface area contributed by atoms with Gasteiger partial charge in [-0.3, -0.25) is 4.90 Å². The number of cyclic esters (lactones) is 1. The standard InChI is InChI=1S/C33H35N5O2/c1-22(2)25-9-6-10-26(18-25)33(15-16-33)38-20-30(40-32(38)39)28(34)17-23-11-13-27(14-12-23)37-31-19-29(35-21-36-31)24-7-4-3-5-8-24/h3-14,18-19,21-22,28,30H,15-17,20,34H2,1-2H3,(H,35,36,37). The van der Waals surface area contributed by atoms with Gasteiger partial charge in [0.15, 0.2) is 0 Å². The van der Waals surface area contributed by atoms with E-state index in [4.69, 9.17) is 10.5 Å². The molecule has 4 aromatic rings. The Kier molecular flexibility index (Phi) is 6.98. The van der Waals surface area contributed by atoms with Gasteiger partial charge in [-0.2, -0.15) is 0 Å². The van der Waals surface area contributed by atoms with Crippen molar-refractivity contribution in [3.63, 3.8) is 0 Å². The summed E-state index contributed by atoms with van der Waals surface area (Å²) in [5.41, 5.74) is 12.7. The zero-order valence-electron chi connectivity index (χ0n) is 23.0. The van der Waals surface area contributed by atoms with Gasteiger partial charge < -0.3 is 15.8 Å². The first kappa shape index (κ1) is 26.0. The minimum absolute atomic E-state index is 0.257. The topological polar surface area (TPSA) is 93.4 Å². The molecule has 40 heavy (non-hydrogen) atoms. The summed E-state index contributed by atoms with van der Waals surface area (Å²) in [6.45, 7) is 4.90. The highest BCUT2D eigenvalue weighted by Crippen LogP contribution is 2.53. The molecule has 0 spiro atoms. The number of rotatable bonds is 9. The minimum Gasteiger partial charge on any atom is -0.443 e. The zero-order chi connectivity index (χ0) is 27.7. The van der Waals surface area contributed by atoms with Crippen LogP contribution < -0.4 is 11.1 Å². The number of anilines is 2. The lowest BCUT2D eigenvalue weighted by atomic mass is 9.95. The Hall–Kier alpha value is -4.23. The lowest BCUT2D eigenvalue weighted by Crippen LogP contribution is -2.41. The van der Waals surface area contributed by atoms with Gasteiger partial charge in [0.2, 0.25) is 0 Å². The van der Waals surface area contributed by atoms with Crippen LogP contribution in [-0.2, 0) is 16.7 Å². The van der Waals surface area contributed by atoms with Crippen LogP contribution in [0.1, 0.15) is 49.3 Å². The SMILES string of the molecule is CC(C)c1cccc(C2(N3CC(C(N)Cc4ccc(Nc5cc(-c6ccccc6)ncn5)cc4)OC3=O)CC2)c1. The molecule has 2 atom stereocenters. The van der Waals surface area contributed by atoms with Crippen molar-refractivity contribution >= 4 is 17.6 Å². The van der Waals surface area contributed by atoms with Crippen molar-refractivity contribution in [2.45, 2.75) is 56.7 Å². The van der Waals surface area contributed by atoms with Gasteiger partial charge in [-0.1, -0.05) is 80.6 Å². The molecule has 1 aromatic heterocycles. The van der Waals surface area contributed by atoms with Gasteiger partial charge in [0.1, 0.15) is 18.2 Å². The van der Waals surface area contributed by atoms with Crippen LogP contribution in [0.25, 0.3) is 11.3 Å². The van der Waals surface area contributed by atoms with Crippen LogP contribution in [0.3, 0.4) is 0 Å². The summed E-state index contributed by atoms with van der Waals surface area (Å²) in [7, 11) is 0. The Morgan fingerprint density at radius 2 is 1.77 bits per heavy atom. The van der Waals surface area contributed by atoms with Gasteiger partial charge in [0.05, 0.1) is 17.8 Å². The van der Waals surface area contributed by atoms with Crippen LogP contribution in [0.15, 0.2) is 91.3 Å². The smallest absolute Gasteiger partial charge is 0.411 e. The summed E-state index contributed by atoms with van der Waals surface area (Å²) in [5.74, 6) is 1.17. The fraction of sp³-hybridized carbons (Fsp3) is 0.303. The third-order valence-electron chi connectivity index (χ3n) is 8.08. The molecular formula is C33H35N5O2. The van der Waals surface area contributed by atoms with E-state index in [1.54, 1.807) is 6.33 Å². The molecule has 1 aliphatic heterocycles. The molecule has 3 aromatic carbocycles. The Morgan fingerprint density at radius 1 is 1.00 bits per heavy atom. The molecule has 2 aliphatic rings. The van der Waals surface area contributed by atoms with Gasteiger partial charge >= 0.3 is 6.09 Å². The second-order valence-corrected chi connectivity index (χ2v) is 11.2. The first-order valence-electron chi connectivity index (χ1n) is 14.0. The molecule has 1 aliphatic carbocycles. The van der Waals surface area contributed by atoms with Gasteiger partial charge in [0.25, 0.3) is 0 Å². The van der Waals surface area contributed by atoms with Crippen molar-refractivity contribution in [1.82, 2.24) is 14.9 Å². The number of aromatic nitrogens is 2. The zero-order valence-corrected chi connectivity index (χ0v) is 23.0. The van der Waals surface area contributed by atoms with Gasteiger partial charge in [-0.25, -0.2) is 14.8 Å². The third kappa shape index (κ3) is 5.29. The maximum atomic E-state index is 13.0. The van der Waals surface area contributed by atoms with Crippen LogP contribution in [-0.4, -0.2) is 39.7 Å². The lowest BCUT2D eigenvalue weighted by molar-refractivity contribution is 0.116. The molecule has 0 radical (unpaired) electrons. The molecule has 7 nitrogen and oxygen atoms in total. The Balaban J connectivity index is 1.08. The minimum atomic E-state index is -0.339. The first-order valence-corrected chi connectivity index (χ1v) is 14.0. The predicted octanol–water partition coefficient (Wildman–Crippen LogP) is 6.39. The Bertz CT molecular complexity index is 1480. The van der Waals surface area contributed by atoms with Crippen LogP contribution in [0, 0.1) is 0 Å². The van der Waals surface area contributed by atoms with Crippen LogP contribution in [0.5, 0.6) is 0 Å². The fourth-order valence-corrected chi connectivity index (χ4v) is 5.55. The van der Waals surface area contributed by atoms with E-state index in [1.165, 1.54) is 11.1 Å². The highest BCUT2D eigenvalue weighted by Gasteiger charge is 2.55. The summed E-state index contributed by atoms with van der Waals surface area (Å²) in [5, 5.41) is 3.35. The molecule has 6 rings (SSSR count). The van der Waals surface area contributed by atoms with Gasteiger partial charge in [0, 0.05) is 23.4 Å². The highest BCUT2D eigenvalue weighted by molar-refractivity contribution is 5.72. The van der Waals surface area contributed by atoms with E-state index in [0.717, 1.165) is 41.2 Å². The fourth-order valence-electron chi connectivity index (χ4n) is 5.55. The average molecular weight is 534 g/mol. The van der Waals surface area contributed by atoms with E-state index >= 15 is 0 Å². The second kappa shape index (κ2) is 10.7. The number of amides is 1. The number of carbonyl (C=O) groups is 1. The summed E-state index contributed by atoms with van der Waals surface area (Å²) in [6, 6.07) is 28.4. The number of hydrogen-bond donors (Lipinski definition) is 2. The van der Waals surface area contributed by atoms with E-state index in [-0.39, 0.29) is 23.8 Å². The van der Waals surface area contributed by atoms with Gasteiger partial charge in [-0.05, 0) is 54.0 Å². The van der Waals surface area contributed by atoms with Crippen molar-refractivity contribution < 1.29 is 9.53 Å². The number of carbonyl (C=O) groups excluding carboxylic acids is 1. The van der Waals surface area contributed by atoms with E-state index in [2.05, 4.69) is 65.5 Å². The van der Waals surface area contributed by atoms with E-state index < -0.39 is 0 Å². The Labute approximate surface area is 235 Å². The summed E-state index contributed by atoms with van der Waals surface area (Å²) < 4.78 is 5.82. The van der Waals surface area contributed by atoms with Crippen molar-refractivity contribution in [3.8, 4) is 11.3 Å². The average Bonchev–Trinajstić information content (AvgIpc) is 3.69. The molecule has 2 fully saturated rings. The molecule has 2 unspecified atom stereocenters. The molecule has 204 valence electrons. The third-order valence-corrected chi connectivity index (χ3v) is 8.08. The number of nitrogens with one attached hydrogen (secondary N) is 1. The molecule has 2 heterocycles. The molecule has 7 heteroatoms. The number of nitrogens with zero attached hydrogens (tertiary/aromatic N) is 3. The second-order valence-electron chi connectivity index (χ2n) is 11.2. The molecular weight excluding hydrogens is 498 g/mol. The predicted molar refractivity (Wildman–Crippen MR) is 157 cm³/mol. The van der Waals surface area contributed by atoms with E-state index in [0.29, 0.717) is 18.9 Å². The summed E-state index contributed by atoms with van der Waals surface area (Å²) >= 11 is 0. The maximum Gasteiger partial charge on any atom is 0.411 e. The van der Waals surface area contributed by atoms with Crippen molar-refractivity contribution in [1.29, 1.82) is 0 Å². The van der Waals surface area contributed by atoms with Crippen LogP contribution in [0.4, 0.5) is 16.3 Å². The number of benzene rings is 3. The number of ether oxygens (including phenoxy) is 1. The molecule has 0 bridgehead atoms. The molecule has 1 saturated heterocycles. The normalized spacial score (nSPS) is 18.4. The first-order chi connectivity index (χ1) is 19.4. The lowest BCUT2D eigenvalue weighted by Gasteiger charge is -2.27. The van der Waals surface area contributed by atoms with Crippen LogP contribution >= 0.6 is 0 Å². The monoisotopic (exact) mass is 533 g/mol. The molecule has 3 N–H and O–H groups in total. The van der Waals surface area contributed by atoms with Crippen molar-refractivity contribution in [2.75, 3.05) is 11.9 Å². The summed E-state index contributed by atoms with van der Waals surface area (Å²) in [6.07, 6.45) is 3.50. The van der Waals surface area contributed by atoms with Gasteiger partial charge in [-0.15, -0.1) is 0 Å². The van der Waals surface area contributed by atoms with Crippen molar-refractivity contribution in [3.05, 3.63) is 108 Å². The number of nitrogens with two attached hydrogens (primary N) is 1. The van der Waals surface area contributed by atoms with Crippen molar-refractivity contribution in [2.24, 2.45) is 5.73 Å². The quantitative estimate of drug-likeness (QED) is 0.259. The molecule has 1 amide bonds. The van der Waals surface area contributed by atoms with E-state index in [1.807, 2.05) is 53.4 Å². The largest absolute Gasteiger partial charge is 0.443 e. The van der Waals surface area contributed by atoms with E-state index in [9.17, 15) is 4.79 Å². The van der Waals surface area contributed by atoms with Crippen LogP contribution in [0.2, 0.25) is 0 Å².